The average molecular weight is 393 g/mol. The molecule has 0 saturated carbocycles. The summed E-state index contributed by atoms with van der Waals surface area (Å²) in [6.45, 7) is 4.29. The summed E-state index contributed by atoms with van der Waals surface area (Å²) in [4.78, 5) is 14.1. The zero-order valence-electron chi connectivity index (χ0n) is 14.8. The molecule has 1 heterocycles. The molecular weight excluding hydrogens is 372 g/mol. The number of anilines is 2. The average Bonchev–Trinajstić information content (AvgIpc) is 2.59. The first-order valence-electron chi connectivity index (χ1n) is 8.48. The van der Waals surface area contributed by atoms with Crippen LogP contribution in [0.3, 0.4) is 0 Å². The molecule has 138 valence electrons. The second-order valence-electron chi connectivity index (χ2n) is 6.52. The van der Waals surface area contributed by atoms with E-state index >= 15 is 0 Å². The maximum atomic E-state index is 12.8. The smallest absolute Gasteiger partial charge is 0.262 e. The third kappa shape index (κ3) is 3.86. The summed E-state index contributed by atoms with van der Waals surface area (Å²) in [6, 6.07) is 9.99. The van der Waals surface area contributed by atoms with Crippen LogP contribution in [0.2, 0.25) is 5.02 Å². The number of benzene rings is 2. The molecule has 1 aliphatic rings. The van der Waals surface area contributed by atoms with Crippen molar-refractivity contribution in [3.05, 3.63) is 52.5 Å². The molecule has 0 bridgehead atoms. The number of amides is 1. The summed E-state index contributed by atoms with van der Waals surface area (Å²) < 4.78 is 28.1. The predicted molar refractivity (Wildman–Crippen MR) is 104 cm³/mol. The van der Waals surface area contributed by atoms with Crippen LogP contribution in [0.25, 0.3) is 0 Å². The van der Waals surface area contributed by atoms with E-state index in [1.54, 1.807) is 36.1 Å². The fourth-order valence-electron chi connectivity index (χ4n) is 3.10. The van der Waals surface area contributed by atoms with Gasteiger partial charge < -0.3 is 4.90 Å². The molecular formula is C19H21ClN2O3S. The van der Waals surface area contributed by atoms with Crippen LogP contribution in [0.4, 0.5) is 11.4 Å². The number of carbonyl (C=O) groups is 1. The van der Waals surface area contributed by atoms with E-state index < -0.39 is 10.0 Å². The number of nitrogens with zero attached hydrogens (tertiary/aromatic N) is 1. The van der Waals surface area contributed by atoms with Crippen LogP contribution < -0.4 is 9.62 Å². The topological polar surface area (TPSA) is 66.5 Å². The lowest BCUT2D eigenvalue weighted by Gasteiger charge is -2.28. The molecule has 26 heavy (non-hydrogen) atoms. The summed E-state index contributed by atoms with van der Waals surface area (Å²) in [7, 11) is -3.78. The Labute approximate surface area is 159 Å². The number of hydrogen-bond donors (Lipinski definition) is 1. The second-order valence-corrected chi connectivity index (χ2v) is 8.61. The lowest BCUT2D eigenvalue weighted by molar-refractivity contribution is -0.119. The molecule has 1 fully saturated rings. The molecule has 3 rings (SSSR count). The summed E-state index contributed by atoms with van der Waals surface area (Å²) in [6.07, 6.45) is 2.37. The minimum absolute atomic E-state index is 0.0741. The molecule has 1 amide bonds. The van der Waals surface area contributed by atoms with Gasteiger partial charge in [0.05, 0.1) is 10.6 Å². The minimum atomic E-state index is -3.78. The van der Waals surface area contributed by atoms with E-state index in [9.17, 15) is 13.2 Å². The van der Waals surface area contributed by atoms with Gasteiger partial charge in [-0.2, -0.15) is 0 Å². The van der Waals surface area contributed by atoms with Gasteiger partial charge in [-0.05, 0) is 62.1 Å². The first kappa shape index (κ1) is 18.7. The largest absolute Gasteiger partial charge is 0.312 e. The maximum Gasteiger partial charge on any atom is 0.262 e. The number of halogens is 1. The number of rotatable bonds is 4. The van der Waals surface area contributed by atoms with Crippen LogP contribution >= 0.6 is 11.6 Å². The van der Waals surface area contributed by atoms with E-state index in [0.717, 1.165) is 24.1 Å². The molecule has 0 aromatic heterocycles. The Morgan fingerprint density at radius 2 is 1.77 bits per heavy atom. The fourth-order valence-corrected chi connectivity index (χ4v) is 4.66. The van der Waals surface area contributed by atoms with Gasteiger partial charge in [-0.25, -0.2) is 8.42 Å². The van der Waals surface area contributed by atoms with Gasteiger partial charge in [0.25, 0.3) is 10.0 Å². The van der Waals surface area contributed by atoms with Crippen LogP contribution in [0.15, 0.2) is 41.3 Å². The standard InChI is InChI=1S/C19H21ClN2O3S/c1-13-7-9-16(12-17(13)22-10-4-3-5-19(22)23)21-26(24,25)18-11-15(20)8-6-14(18)2/h6-9,11-12,21H,3-5,10H2,1-2H3. The van der Waals surface area contributed by atoms with Crippen LogP contribution in [-0.4, -0.2) is 20.9 Å². The van der Waals surface area contributed by atoms with Crippen molar-refractivity contribution in [3.8, 4) is 0 Å². The third-order valence-corrected chi connectivity index (χ3v) is 6.27. The highest BCUT2D eigenvalue weighted by Gasteiger charge is 2.23. The summed E-state index contributed by atoms with van der Waals surface area (Å²) in [5.41, 5.74) is 2.71. The SMILES string of the molecule is Cc1ccc(NS(=O)(=O)c2cc(Cl)ccc2C)cc1N1CCCCC1=O. The monoisotopic (exact) mass is 392 g/mol. The molecule has 0 atom stereocenters. The fraction of sp³-hybridized carbons (Fsp3) is 0.316. The molecule has 0 radical (unpaired) electrons. The molecule has 0 unspecified atom stereocenters. The third-order valence-electron chi connectivity index (χ3n) is 4.52. The Balaban J connectivity index is 1.94. The van der Waals surface area contributed by atoms with Gasteiger partial charge in [-0.15, -0.1) is 0 Å². The number of aryl methyl sites for hydroxylation is 2. The first-order valence-corrected chi connectivity index (χ1v) is 10.3. The van der Waals surface area contributed by atoms with E-state index in [0.29, 0.717) is 29.2 Å². The van der Waals surface area contributed by atoms with Gasteiger partial charge in [0.2, 0.25) is 5.91 Å². The van der Waals surface area contributed by atoms with E-state index in [1.165, 1.54) is 6.07 Å². The number of hydrogen-bond acceptors (Lipinski definition) is 3. The van der Waals surface area contributed by atoms with Crippen molar-refractivity contribution in [1.82, 2.24) is 0 Å². The van der Waals surface area contributed by atoms with Crippen LogP contribution in [0, 0.1) is 13.8 Å². The van der Waals surface area contributed by atoms with E-state index in [4.69, 9.17) is 11.6 Å². The van der Waals surface area contributed by atoms with Gasteiger partial charge in [-0.1, -0.05) is 23.7 Å². The zero-order valence-corrected chi connectivity index (χ0v) is 16.3. The van der Waals surface area contributed by atoms with Crippen molar-refractivity contribution < 1.29 is 13.2 Å². The van der Waals surface area contributed by atoms with E-state index in [1.807, 2.05) is 13.0 Å². The Kier molecular flexibility index (Phi) is 5.25. The first-order chi connectivity index (χ1) is 12.3. The van der Waals surface area contributed by atoms with Gasteiger partial charge >= 0.3 is 0 Å². The molecule has 1 aliphatic heterocycles. The lowest BCUT2D eigenvalue weighted by Crippen LogP contribution is -2.35. The highest BCUT2D eigenvalue weighted by atomic mass is 35.5. The summed E-state index contributed by atoms with van der Waals surface area (Å²) >= 11 is 5.95. The molecule has 2 aromatic carbocycles. The highest BCUT2D eigenvalue weighted by Crippen LogP contribution is 2.29. The van der Waals surface area contributed by atoms with Crippen molar-refractivity contribution in [2.75, 3.05) is 16.2 Å². The van der Waals surface area contributed by atoms with Crippen molar-refractivity contribution in [2.45, 2.75) is 38.0 Å². The normalized spacial score (nSPS) is 15.2. The Morgan fingerprint density at radius 1 is 1.04 bits per heavy atom. The van der Waals surface area contributed by atoms with Crippen molar-refractivity contribution in [3.63, 3.8) is 0 Å². The Hall–Kier alpha value is -2.05. The van der Waals surface area contributed by atoms with Crippen LogP contribution in [0.1, 0.15) is 30.4 Å². The van der Waals surface area contributed by atoms with Gasteiger partial charge in [0.15, 0.2) is 0 Å². The van der Waals surface area contributed by atoms with Crippen molar-refractivity contribution >= 4 is 38.9 Å². The Bertz CT molecular complexity index is 957. The summed E-state index contributed by atoms with van der Waals surface area (Å²) in [5, 5.41) is 0.361. The second kappa shape index (κ2) is 7.29. The predicted octanol–water partition coefficient (Wildman–Crippen LogP) is 4.27. The Morgan fingerprint density at radius 3 is 2.50 bits per heavy atom. The maximum absolute atomic E-state index is 12.8. The lowest BCUT2D eigenvalue weighted by atomic mass is 10.1. The highest BCUT2D eigenvalue weighted by molar-refractivity contribution is 7.92. The molecule has 5 nitrogen and oxygen atoms in total. The van der Waals surface area contributed by atoms with Crippen LogP contribution in [-0.2, 0) is 14.8 Å². The summed E-state index contributed by atoms with van der Waals surface area (Å²) in [5.74, 6) is 0.0741. The van der Waals surface area contributed by atoms with Crippen molar-refractivity contribution in [1.29, 1.82) is 0 Å². The molecule has 0 aliphatic carbocycles. The van der Waals surface area contributed by atoms with Crippen LogP contribution in [0.5, 0.6) is 0 Å². The number of sulfonamides is 1. The quantitative estimate of drug-likeness (QED) is 0.844. The molecule has 1 N–H and O–H groups in total. The van der Waals surface area contributed by atoms with Gasteiger partial charge in [0, 0.05) is 23.7 Å². The van der Waals surface area contributed by atoms with E-state index in [2.05, 4.69) is 4.72 Å². The molecule has 7 heteroatoms. The van der Waals surface area contributed by atoms with Crippen molar-refractivity contribution in [2.24, 2.45) is 0 Å². The number of nitrogens with one attached hydrogen (secondary N) is 1. The van der Waals surface area contributed by atoms with Gasteiger partial charge in [-0.3, -0.25) is 9.52 Å². The van der Waals surface area contributed by atoms with Gasteiger partial charge in [0.1, 0.15) is 0 Å². The minimum Gasteiger partial charge on any atom is -0.312 e. The molecule has 0 spiro atoms. The number of piperidine rings is 1. The molecule has 2 aromatic rings. The number of carbonyl (C=O) groups excluding carboxylic acids is 1. The molecule has 1 saturated heterocycles. The zero-order chi connectivity index (χ0) is 18.9. The van der Waals surface area contributed by atoms with E-state index in [-0.39, 0.29) is 10.8 Å².